The van der Waals surface area contributed by atoms with Crippen LogP contribution in [-0.2, 0) is 14.8 Å². The molecule has 1 unspecified atom stereocenters. The van der Waals surface area contributed by atoms with Crippen LogP contribution in [0.1, 0.15) is 12.8 Å². The number of methoxy groups -OCH3 is 1. The van der Waals surface area contributed by atoms with E-state index >= 15 is 0 Å². The van der Waals surface area contributed by atoms with Crippen LogP contribution in [0, 0.1) is 0 Å². The van der Waals surface area contributed by atoms with Gasteiger partial charge in [0.1, 0.15) is 0 Å². The summed E-state index contributed by atoms with van der Waals surface area (Å²) in [6.07, 6.45) is 2.44. The largest absolute Gasteiger partial charge is 0.380 e. The van der Waals surface area contributed by atoms with Crippen LogP contribution in [0.15, 0.2) is 59.5 Å². The van der Waals surface area contributed by atoms with Crippen LogP contribution >= 0.6 is 0 Å². The summed E-state index contributed by atoms with van der Waals surface area (Å²) < 4.78 is 32.7. The standard InChI is InChI=1S/C18H22N2O3S/c1-23-17-6-5-13-20(14-17)16-11-9-15(10-12-16)19-24(21,22)18-7-3-2-4-8-18/h2-4,7-12,17,19H,5-6,13-14H2,1H3. The van der Waals surface area contributed by atoms with E-state index in [-0.39, 0.29) is 11.0 Å². The molecule has 1 fully saturated rings. The third-order valence-electron chi connectivity index (χ3n) is 4.25. The molecule has 0 aromatic heterocycles. The number of nitrogens with zero attached hydrogens (tertiary/aromatic N) is 1. The molecule has 0 spiro atoms. The van der Waals surface area contributed by atoms with Crippen LogP contribution < -0.4 is 9.62 Å². The van der Waals surface area contributed by atoms with Crippen molar-refractivity contribution in [2.75, 3.05) is 29.8 Å². The first-order valence-electron chi connectivity index (χ1n) is 8.04. The molecule has 1 aliphatic rings. The first-order chi connectivity index (χ1) is 11.6. The molecule has 6 heteroatoms. The van der Waals surface area contributed by atoms with Crippen LogP contribution in [-0.4, -0.2) is 34.7 Å². The summed E-state index contributed by atoms with van der Waals surface area (Å²) in [4.78, 5) is 2.53. The molecule has 0 saturated carbocycles. The van der Waals surface area contributed by atoms with Crippen molar-refractivity contribution in [2.24, 2.45) is 0 Å². The van der Waals surface area contributed by atoms with Crippen molar-refractivity contribution in [3.05, 3.63) is 54.6 Å². The first kappa shape index (κ1) is 16.8. The van der Waals surface area contributed by atoms with Gasteiger partial charge in [0.25, 0.3) is 10.0 Å². The molecule has 2 aromatic carbocycles. The van der Waals surface area contributed by atoms with Crippen molar-refractivity contribution < 1.29 is 13.2 Å². The Morgan fingerprint density at radius 3 is 2.46 bits per heavy atom. The normalized spacial score (nSPS) is 18.4. The van der Waals surface area contributed by atoms with Gasteiger partial charge in [-0.2, -0.15) is 0 Å². The van der Waals surface area contributed by atoms with Crippen LogP contribution in [0.2, 0.25) is 0 Å². The number of piperidine rings is 1. The molecule has 0 aliphatic carbocycles. The maximum atomic E-state index is 12.3. The van der Waals surface area contributed by atoms with E-state index in [1.54, 1.807) is 49.6 Å². The molecule has 1 heterocycles. The van der Waals surface area contributed by atoms with Gasteiger partial charge in [0.15, 0.2) is 0 Å². The monoisotopic (exact) mass is 346 g/mol. The number of ether oxygens (including phenoxy) is 1. The number of sulfonamides is 1. The predicted octanol–water partition coefficient (Wildman–Crippen LogP) is 3.10. The number of benzene rings is 2. The lowest BCUT2D eigenvalue weighted by molar-refractivity contribution is 0.0893. The van der Waals surface area contributed by atoms with E-state index in [4.69, 9.17) is 4.74 Å². The third kappa shape index (κ3) is 3.88. The molecular formula is C18H22N2O3S. The van der Waals surface area contributed by atoms with Crippen molar-refractivity contribution in [3.8, 4) is 0 Å². The Hall–Kier alpha value is -2.05. The van der Waals surface area contributed by atoms with Gasteiger partial charge < -0.3 is 9.64 Å². The van der Waals surface area contributed by atoms with Gasteiger partial charge in [-0.25, -0.2) is 8.42 Å². The second kappa shape index (κ2) is 7.23. The Labute approximate surface area is 143 Å². The lowest BCUT2D eigenvalue weighted by atomic mass is 10.1. The lowest BCUT2D eigenvalue weighted by Gasteiger charge is -2.33. The second-order valence-electron chi connectivity index (χ2n) is 5.91. The van der Waals surface area contributed by atoms with Crippen LogP contribution in [0.25, 0.3) is 0 Å². The fourth-order valence-corrected chi connectivity index (χ4v) is 4.00. The Morgan fingerprint density at radius 2 is 1.79 bits per heavy atom. The summed E-state index contributed by atoms with van der Waals surface area (Å²) in [6.45, 7) is 1.86. The Bertz CT molecular complexity index is 761. The molecule has 0 bridgehead atoms. The topological polar surface area (TPSA) is 58.6 Å². The molecule has 1 atom stereocenters. The van der Waals surface area contributed by atoms with E-state index in [1.165, 1.54) is 0 Å². The molecule has 0 radical (unpaired) electrons. The molecule has 1 aliphatic heterocycles. The number of hydrogen-bond acceptors (Lipinski definition) is 4. The zero-order valence-electron chi connectivity index (χ0n) is 13.7. The number of rotatable bonds is 5. The van der Waals surface area contributed by atoms with E-state index in [0.717, 1.165) is 31.6 Å². The maximum absolute atomic E-state index is 12.3. The summed E-state index contributed by atoms with van der Waals surface area (Å²) in [5.74, 6) is 0. The summed E-state index contributed by atoms with van der Waals surface area (Å²) in [7, 11) is -1.80. The number of anilines is 2. The summed E-state index contributed by atoms with van der Waals surface area (Å²) in [5, 5.41) is 0. The van der Waals surface area contributed by atoms with E-state index in [2.05, 4.69) is 9.62 Å². The number of hydrogen-bond donors (Lipinski definition) is 1. The highest BCUT2D eigenvalue weighted by atomic mass is 32.2. The minimum Gasteiger partial charge on any atom is -0.380 e. The highest BCUT2D eigenvalue weighted by Crippen LogP contribution is 2.24. The van der Waals surface area contributed by atoms with E-state index in [1.807, 2.05) is 12.1 Å². The van der Waals surface area contributed by atoms with Crippen LogP contribution in [0.3, 0.4) is 0 Å². The first-order valence-corrected chi connectivity index (χ1v) is 9.52. The van der Waals surface area contributed by atoms with Gasteiger partial charge in [0.05, 0.1) is 11.0 Å². The molecule has 2 aromatic rings. The fraction of sp³-hybridized carbons (Fsp3) is 0.333. The zero-order valence-corrected chi connectivity index (χ0v) is 14.5. The minimum absolute atomic E-state index is 0.257. The highest BCUT2D eigenvalue weighted by Gasteiger charge is 2.20. The van der Waals surface area contributed by atoms with Gasteiger partial charge in [0.2, 0.25) is 0 Å². The fourth-order valence-electron chi connectivity index (χ4n) is 2.92. The third-order valence-corrected chi connectivity index (χ3v) is 5.65. The number of nitrogens with one attached hydrogen (secondary N) is 1. The smallest absolute Gasteiger partial charge is 0.261 e. The summed E-state index contributed by atoms with van der Waals surface area (Å²) in [5.41, 5.74) is 1.64. The lowest BCUT2D eigenvalue weighted by Crippen LogP contribution is -2.39. The molecule has 5 nitrogen and oxygen atoms in total. The van der Waals surface area contributed by atoms with Gasteiger partial charge in [-0.1, -0.05) is 18.2 Å². The van der Waals surface area contributed by atoms with E-state index in [9.17, 15) is 8.42 Å². The quantitative estimate of drug-likeness (QED) is 0.904. The average molecular weight is 346 g/mol. The Morgan fingerprint density at radius 1 is 1.08 bits per heavy atom. The Balaban J connectivity index is 1.71. The molecule has 1 N–H and O–H groups in total. The van der Waals surface area contributed by atoms with Crippen molar-refractivity contribution in [1.82, 2.24) is 0 Å². The van der Waals surface area contributed by atoms with Crippen LogP contribution in [0.5, 0.6) is 0 Å². The Kier molecular flexibility index (Phi) is 5.06. The van der Waals surface area contributed by atoms with Crippen molar-refractivity contribution in [2.45, 2.75) is 23.8 Å². The molecular weight excluding hydrogens is 324 g/mol. The van der Waals surface area contributed by atoms with Gasteiger partial charge >= 0.3 is 0 Å². The SMILES string of the molecule is COC1CCCN(c2ccc(NS(=O)(=O)c3ccccc3)cc2)C1. The summed E-state index contributed by atoms with van der Waals surface area (Å²) >= 11 is 0. The maximum Gasteiger partial charge on any atom is 0.261 e. The zero-order chi connectivity index (χ0) is 17.0. The van der Waals surface area contributed by atoms with Gasteiger partial charge in [0, 0.05) is 31.6 Å². The molecule has 3 rings (SSSR count). The molecule has 24 heavy (non-hydrogen) atoms. The van der Waals surface area contributed by atoms with Crippen LogP contribution in [0.4, 0.5) is 11.4 Å². The minimum atomic E-state index is -3.55. The summed E-state index contributed by atoms with van der Waals surface area (Å²) in [6, 6.07) is 15.9. The van der Waals surface area contributed by atoms with Crippen molar-refractivity contribution in [3.63, 3.8) is 0 Å². The second-order valence-corrected chi connectivity index (χ2v) is 7.59. The van der Waals surface area contributed by atoms with Gasteiger partial charge in [-0.3, -0.25) is 4.72 Å². The van der Waals surface area contributed by atoms with Gasteiger partial charge in [-0.15, -0.1) is 0 Å². The molecule has 0 amide bonds. The molecule has 1 saturated heterocycles. The van der Waals surface area contributed by atoms with Crippen molar-refractivity contribution in [1.29, 1.82) is 0 Å². The molecule has 128 valence electrons. The van der Waals surface area contributed by atoms with Gasteiger partial charge in [-0.05, 0) is 49.2 Å². The van der Waals surface area contributed by atoms with E-state index < -0.39 is 10.0 Å². The van der Waals surface area contributed by atoms with E-state index in [0.29, 0.717) is 5.69 Å². The average Bonchev–Trinajstić information content (AvgIpc) is 2.63. The van der Waals surface area contributed by atoms with Crippen molar-refractivity contribution >= 4 is 21.4 Å². The highest BCUT2D eigenvalue weighted by molar-refractivity contribution is 7.92. The predicted molar refractivity (Wildman–Crippen MR) is 95.9 cm³/mol.